The van der Waals surface area contributed by atoms with E-state index < -0.39 is 11.8 Å². The Morgan fingerprint density at radius 3 is 2.04 bits per heavy atom. The minimum Gasteiger partial charge on any atom is -0.495 e. The van der Waals surface area contributed by atoms with Gasteiger partial charge >= 0.3 is 11.8 Å². The molecule has 3 amide bonds. The highest BCUT2D eigenvalue weighted by Gasteiger charge is 2.18. The molecule has 0 atom stereocenters. The highest BCUT2D eigenvalue weighted by Crippen LogP contribution is 2.35. The molecular weight excluding hydrogens is 374 g/mol. The highest BCUT2D eigenvalue weighted by atomic mass is 35.5. The van der Waals surface area contributed by atoms with Crippen LogP contribution in [-0.4, -0.2) is 31.9 Å². The number of carbonyl (C=O) groups excluding carboxylic acids is 3. The van der Waals surface area contributed by atoms with Crippen LogP contribution in [0.25, 0.3) is 0 Å². The van der Waals surface area contributed by atoms with Gasteiger partial charge in [-0.1, -0.05) is 17.7 Å². The summed E-state index contributed by atoms with van der Waals surface area (Å²) in [7, 11) is 2.83. The molecule has 0 saturated heterocycles. The Kier molecular flexibility index (Phi) is 6.62. The average molecular weight is 392 g/mol. The molecule has 0 unspecified atom stereocenters. The minimum atomic E-state index is -0.914. The Labute approximate surface area is 160 Å². The van der Waals surface area contributed by atoms with E-state index in [9.17, 15) is 14.4 Å². The summed E-state index contributed by atoms with van der Waals surface area (Å²) in [5, 5.41) is 7.78. The molecule has 0 saturated carbocycles. The molecule has 0 radical (unpaired) electrons. The molecule has 2 aromatic rings. The minimum absolute atomic E-state index is 0.228. The number of rotatable bonds is 5. The van der Waals surface area contributed by atoms with Crippen molar-refractivity contribution in [3.63, 3.8) is 0 Å². The van der Waals surface area contributed by atoms with Gasteiger partial charge in [0.2, 0.25) is 5.91 Å². The van der Waals surface area contributed by atoms with Crippen molar-refractivity contribution >= 4 is 46.4 Å². The van der Waals surface area contributed by atoms with Crippen molar-refractivity contribution < 1.29 is 23.9 Å². The lowest BCUT2D eigenvalue weighted by Gasteiger charge is -2.13. The van der Waals surface area contributed by atoms with Crippen molar-refractivity contribution in [2.45, 2.75) is 6.92 Å². The van der Waals surface area contributed by atoms with Gasteiger partial charge < -0.3 is 25.4 Å². The summed E-state index contributed by atoms with van der Waals surface area (Å²) in [6.45, 7) is 1.37. The van der Waals surface area contributed by atoms with Crippen LogP contribution in [0, 0.1) is 0 Å². The molecule has 8 nitrogen and oxygen atoms in total. The van der Waals surface area contributed by atoms with Crippen molar-refractivity contribution in [2.75, 3.05) is 30.2 Å². The Bertz CT molecular complexity index is 885. The van der Waals surface area contributed by atoms with Gasteiger partial charge in [0, 0.05) is 30.4 Å². The molecule has 0 bridgehead atoms. The predicted molar refractivity (Wildman–Crippen MR) is 103 cm³/mol. The molecule has 3 N–H and O–H groups in total. The van der Waals surface area contributed by atoms with E-state index in [-0.39, 0.29) is 17.3 Å². The molecule has 27 heavy (non-hydrogen) atoms. The number of carbonyl (C=O) groups is 3. The zero-order valence-electron chi connectivity index (χ0n) is 14.9. The Morgan fingerprint density at radius 1 is 0.852 bits per heavy atom. The lowest BCUT2D eigenvalue weighted by atomic mass is 10.2. The first-order valence-electron chi connectivity index (χ1n) is 7.75. The van der Waals surface area contributed by atoms with Crippen LogP contribution in [-0.2, 0) is 14.4 Å². The van der Waals surface area contributed by atoms with Gasteiger partial charge in [-0.3, -0.25) is 14.4 Å². The van der Waals surface area contributed by atoms with Crippen molar-refractivity contribution in [2.24, 2.45) is 0 Å². The Hall–Kier alpha value is -3.26. The zero-order valence-corrected chi connectivity index (χ0v) is 15.6. The van der Waals surface area contributed by atoms with Gasteiger partial charge in [-0.25, -0.2) is 0 Å². The summed E-state index contributed by atoms with van der Waals surface area (Å²) in [6.07, 6.45) is 0. The normalized spacial score (nSPS) is 9.93. The number of anilines is 3. The average Bonchev–Trinajstić information content (AvgIpc) is 2.62. The molecule has 2 rings (SSSR count). The molecule has 0 spiro atoms. The maximum atomic E-state index is 12.2. The first-order chi connectivity index (χ1) is 12.8. The first kappa shape index (κ1) is 20.1. The highest BCUT2D eigenvalue weighted by molar-refractivity contribution is 6.44. The second-order valence-electron chi connectivity index (χ2n) is 5.36. The molecule has 0 aliphatic carbocycles. The molecular formula is C18H18ClN3O5. The topological polar surface area (TPSA) is 106 Å². The van der Waals surface area contributed by atoms with Crippen LogP contribution < -0.4 is 25.4 Å². The van der Waals surface area contributed by atoms with E-state index in [0.717, 1.165) is 0 Å². The van der Waals surface area contributed by atoms with Crippen molar-refractivity contribution in [1.82, 2.24) is 0 Å². The third-order valence-corrected chi connectivity index (χ3v) is 3.66. The fraction of sp³-hybridized carbons (Fsp3) is 0.167. The van der Waals surface area contributed by atoms with Crippen LogP contribution in [0.3, 0.4) is 0 Å². The number of amides is 3. The Balaban J connectivity index is 2.12. The first-order valence-corrected chi connectivity index (χ1v) is 8.13. The largest absolute Gasteiger partial charge is 0.495 e. The number of methoxy groups -OCH3 is 2. The van der Waals surface area contributed by atoms with Gasteiger partial charge in [0.1, 0.15) is 11.5 Å². The monoisotopic (exact) mass is 391 g/mol. The summed E-state index contributed by atoms with van der Waals surface area (Å²) < 4.78 is 10.2. The fourth-order valence-corrected chi connectivity index (χ4v) is 2.43. The van der Waals surface area contributed by atoms with Gasteiger partial charge in [-0.2, -0.15) is 0 Å². The van der Waals surface area contributed by atoms with Gasteiger partial charge in [0.15, 0.2) is 0 Å². The molecule has 2 aromatic carbocycles. The third kappa shape index (κ3) is 5.35. The van der Waals surface area contributed by atoms with Crippen LogP contribution in [0.2, 0.25) is 5.02 Å². The second kappa shape index (κ2) is 8.91. The predicted octanol–water partition coefficient (Wildman–Crippen LogP) is 2.89. The Morgan fingerprint density at radius 2 is 1.44 bits per heavy atom. The van der Waals surface area contributed by atoms with Gasteiger partial charge in [-0.15, -0.1) is 0 Å². The number of hydrogen-bond acceptors (Lipinski definition) is 5. The summed E-state index contributed by atoms with van der Waals surface area (Å²) in [5.74, 6) is -1.47. The molecule has 9 heteroatoms. The van der Waals surface area contributed by atoms with E-state index >= 15 is 0 Å². The summed E-state index contributed by atoms with van der Waals surface area (Å²) >= 11 is 6.01. The summed E-state index contributed by atoms with van der Waals surface area (Å²) in [4.78, 5) is 35.5. The van der Waals surface area contributed by atoms with Crippen LogP contribution in [0.1, 0.15) is 6.92 Å². The van der Waals surface area contributed by atoms with E-state index in [1.165, 1.54) is 39.3 Å². The molecule has 0 fully saturated rings. The smallest absolute Gasteiger partial charge is 0.314 e. The maximum absolute atomic E-state index is 12.2. The molecule has 142 valence electrons. The summed E-state index contributed by atoms with van der Waals surface area (Å²) in [6, 6.07) is 9.31. The fourth-order valence-electron chi connectivity index (χ4n) is 2.20. The standard InChI is InChI=1S/C18H18ClN3O5/c1-10(23)20-11-5-4-6-12(7-11)21-17(24)18(25)22-14-9-15(26-2)13(19)8-16(14)27-3/h4-9H,1-3H3,(H,20,23)(H,21,24)(H,22,25). The van der Waals surface area contributed by atoms with Crippen LogP contribution in [0.4, 0.5) is 17.1 Å². The SMILES string of the molecule is COc1cc(NC(=O)C(=O)Nc2cccc(NC(C)=O)c2)c(OC)cc1Cl. The van der Waals surface area contributed by atoms with Gasteiger partial charge in [0.05, 0.1) is 24.9 Å². The van der Waals surface area contributed by atoms with E-state index in [4.69, 9.17) is 21.1 Å². The molecule has 0 aliphatic heterocycles. The van der Waals surface area contributed by atoms with Crippen LogP contribution >= 0.6 is 11.6 Å². The van der Waals surface area contributed by atoms with E-state index in [0.29, 0.717) is 22.1 Å². The van der Waals surface area contributed by atoms with E-state index in [1.807, 2.05) is 0 Å². The summed E-state index contributed by atoms with van der Waals surface area (Å²) in [5.41, 5.74) is 1.07. The molecule has 0 aliphatic rings. The number of benzene rings is 2. The molecule has 0 heterocycles. The van der Waals surface area contributed by atoms with Gasteiger partial charge in [-0.05, 0) is 18.2 Å². The van der Waals surface area contributed by atoms with E-state index in [1.54, 1.807) is 18.2 Å². The maximum Gasteiger partial charge on any atom is 0.314 e. The van der Waals surface area contributed by atoms with Crippen molar-refractivity contribution in [3.05, 3.63) is 41.4 Å². The van der Waals surface area contributed by atoms with Crippen LogP contribution in [0.5, 0.6) is 11.5 Å². The van der Waals surface area contributed by atoms with Gasteiger partial charge in [0.25, 0.3) is 0 Å². The second-order valence-corrected chi connectivity index (χ2v) is 5.76. The lowest BCUT2D eigenvalue weighted by Crippen LogP contribution is -2.29. The number of ether oxygens (including phenoxy) is 2. The number of hydrogen-bond donors (Lipinski definition) is 3. The molecule has 0 aromatic heterocycles. The van der Waals surface area contributed by atoms with Crippen molar-refractivity contribution in [3.8, 4) is 11.5 Å². The number of halogens is 1. The van der Waals surface area contributed by atoms with Crippen molar-refractivity contribution in [1.29, 1.82) is 0 Å². The van der Waals surface area contributed by atoms with Crippen LogP contribution in [0.15, 0.2) is 36.4 Å². The quantitative estimate of drug-likeness (QED) is 0.679. The third-order valence-electron chi connectivity index (χ3n) is 3.37. The zero-order chi connectivity index (χ0) is 20.0. The lowest BCUT2D eigenvalue weighted by molar-refractivity contribution is -0.133. The van der Waals surface area contributed by atoms with E-state index in [2.05, 4.69) is 16.0 Å². The number of nitrogens with one attached hydrogen (secondary N) is 3.